The van der Waals surface area contributed by atoms with Crippen molar-refractivity contribution in [2.45, 2.75) is 27.7 Å². The molecule has 0 amide bonds. The van der Waals surface area contributed by atoms with Crippen LogP contribution in [-0.2, 0) is 9.59 Å². The van der Waals surface area contributed by atoms with E-state index in [0.29, 0.717) is 0 Å². The number of allylic oxidation sites excluding steroid dienone is 2. The van der Waals surface area contributed by atoms with Gasteiger partial charge in [-0.15, -0.1) is 0 Å². The Kier molecular flexibility index (Phi) is 13.2. The molecule has 0 radical (unpaired) electrons. The van der Waals surface area contributed by atoms with Crippen LogP contribution < -0.4 is 20.2 Å². The third-order valence-electron chi connectivity index (χ3n) is 3.91. The van der Waals surface area contributed by atoms with Crippen molar-refractivity contribution in [2.24, 2.45) is 0 Å². The van der Waals surface area contributed by atoms with Crippen LogP contribution in [0.15, 0.2) is 58.5 Å². The second-order valence-corrected chi connectivity index (χ2v) is 6.72. The minimum atomic E-state index is -1.23. The van der Waals surface area contributed by atoms with Gasteiger partial charge in [-0.3, -0.25) is 9.59 Å². The van der Waals surface area contributed by atoms with E-state index in [9.17, 15) is 19.8 Å². The van der Waals surface area contributed by atoms with E-state index in [1.807, 2.05) is 24.8 Å². The van der Waals surface area contributed by atoms with Gasteiger partial charge in [-0.25, -0.2) is 9.97 Å². The van der Waals surface area contributed by atoms with Gasteiger partial charge in [0, 0.05) is 23.3 Å². The van der Waals surface area contributed by atoms with E-state index in [1.165, 1.54) is 22.3 Å². The van der Waals surface area contributed by atoms with Crippen LogP contribution in [0.4, 0.5) is 0 Å². The van der Waals surface area contributed by atoms with Gasteiger partial charge in [0.1, 0.15) is 0 Å². The average Bonchev–Trinajstić information content (AvgIpc) is 2.69. The fourth-order valence-electron chi connectivity index (χ4n) is 1.79. The summed E-state index contributed by atoms with van der Waals surface area (Å²) >= 11 is 10.2. The Labute approximate surface area is 184 Å². The van der Waals surface area contributed by atoms with E-state index in [-0.39, 0.29) is 11.0 Å². The number of hydrogen-bond acceptors (Lipinski definition) is 4. The molecule has 0 aromatic carbocycles. The molecule has 3 rings (SSSR count). The van der Waals surface area contributed by atoms with Gasteiger partial charge < -0.3 is 21.2 Å². The maximum Gasteiger partial charge on any atom is 0.190 e. The maximum absolute atomic E-state index is 10.7. The number of nitrogens with one attached hydrogen (secondary N) is 2. The fraction of sp³-hybridized carbons (Fsp3) is 0.200. The van der Waals surface area contributed by atoms with Gasteiger partial charge in [-0.1, -0.05) is 23.2 Å². The van der Waals surface area contributed by atoms with Crippen molar-refractivity contribution in [3.8, 4) is 0 Å². The first kappa shape index (κ1) is 29.4. The normalized spacial score (nSPS) is 12.6. The molecule has 0 unspecified atom stereocenters. The Morgan fingerprint density at radius 3 is 1.17 bits per heavy atom. The molecule has 0 bridgehead atoms. The van der Waals surface area contributed by atoms with Crippen molar-refractivity contribution in [1.82, 2.24) is 0 Å². The van der Waals surface area contributed by atoms with E-state index in [4.69, 9.17) is 23.2 Å². The van der Waals surface area contributed by atoms with Gasteiger partial charge >= 0.3 is 0 Å². The van der Waals surface area contributed by atoms with E-state index in [1.54, 1.807) is 0 Å². The molecular formula is C20H24Cl2N2O6. The summed E-state index contributed by atoms with van der Waals surface area (Å²) in [6, 6.07) is 4.13. The number of aromatic amines is 2. The van der Waals surface area contributed by atoms with Gasteiger partial charge in [0.05, 0.1) is 10.1 Å². The number of H-pyrrole nitrogens is 2. The van der Waals surface area contributed by atoms with Gasteiger partial charge in [-0.05, 0) is 50.3 Å². The first-order valence-electron chi connectivity index (χ1n) is 8.17. The third kappa shape index (κ3) is 7.92. The summed E-state index contributed by atoms with van der Waals surface area (Å²) in [7, 11) is 0. The Morgan fingerprint density at radius 1 is 0.667 bits per heavy atom. The van der Waals surface area contributed by atoms with Crippen molar-refractivity contribution in [3.63, 3.8) is 0 Å². The first-order chi connectivity index (χ1) is 13.1. The lowest BCUT2D eigenvalue weighted by molar-refractivity contribution is -0.379. The molecule has 10 heteroatoms. The summed E-state index contributed by atoms with van der Waals surface area (Å²) in [5.41, 5.74) is 5.30. The van der Waals surface area contributed by atoms with Gasteiger partial charge in [-0.2, -0.15) is 0 Å². The van der Waals surface area contributed by atoms with Crippen LogP contribution in [0, 0.1) is 27.7 Å². The summed E-state index contributed by atoms with van der Waals surface area (Å²) in [5.74, 6) is -4.92. The molecule has 0 saturated heterocycles. The van der Waals surface area contributed by atoms with Crippen LogP contribution in [0.3, 0.4) is 0 Å². The van der Waals surface area contributed by atoms with Crippen LogP contribution in [0.5, 0.6) is 0 Å². The smallest absolute Gasteiger partial charge is 0.190 e. The summed E-state index contributed by atoms with van der Waals surface area (Å²) in [6.07, 6.45) is 7.86. The molecule has 2 aromatic heterocycles. The molecule has 0 spiro atoms. The highest BCUT2D eigenvalue weighted by atomic mass is 35.5. The Hall–Kier alpha value is -2.78. The van der Waals surface area contributed by atoms with E-state index >= 15 is 0 Å². The standard InChI is InChI=1S/2C7H9N.C6H2Cl2O4.2H2O/c2*1-6-3-4-8-5-7(6)2;7-1-3(9)5(11)2(8)6(12)4(1)10;;/h2*3-5H,1-2H3;9,12H;2*1H2. The number of ketones is 2. The molecule has 1 aliphatic carbocycles. The molecule has 0 aliphatic heterocycles. The monoisotopic (exact) mass is 458 g/mol. The molecular weight excluding hydrogens is 435 g/mol. The first-order valence-corrected chi connectivity index (χ1v) is 8.93. The summed E-state index contributed by atoms with van der Waals surface area (Å²) in [6.45, 7) is 8.38. The lowest BCUT2D eigenvalue weighted by atomic mass is 10.1. The van der Waals surface area contributed by atoms with Gasteiger partial charge in [0.25, 0.3) is 0 Å². The Balaban J connectivity index is 0. The van der Waals surface area contributed by atoms with Gasteiger partial charge in [0.2, 0.25) is 0 Å². The highest BCUT2D eigenvalue weighted by molar-refractivity contribution is 6.55. The fourth-order valence-corrected chi connectivity index (χ4v) is 2.13. The summed E-state index contributed by atoms with van der Waals surface area (Å²) in [4.78, 5) is 27.4. The quantitative estimate of drug-likeness (QED) is 0.477. The molecule has 0 saturated carbocycles. The molecule has 2 heterocycles. The van der Waals surface area contributed by atoms with Crippen molar-refractivity contribution in [2.75, 3.05) is 0 Å². The summed E-state index contributed by atoms with van der Waals surface area (Å²) < 4.78 is 0. The van der Waals surface area contributed by atoms with Gasteiger partial charge in [0.15, 0.2) is 36.4 Å². The predicted octanol–water partition coefficient (Wildman–Crippen LogP) is -0.655. The van der Waals surface area contributed by atoms with Crippen molar-refractivity contribution >= 4 is 34.8 Å². The lowest BCUT2D eigenvalue weighted by Crippen LogP contribution is -2.31. The minimum Gasteiger partial charge on any atom is -0.869 e. The molecule has 30 heavy (non-hydrogen) atoms. The van der Waals surface area contributed by atoms with Crippen LogP contribution in [0.2, 0.25) is 0 Å². The number of aromatic nitrogens is 2. The van der Waals surface area contributed by atoms with Crippen LogP contribution in [0.1, 0.15) is 22.3 Å². The largest absolute Gasteiger partial charge is 0.869 e. The number of hydrogen-bond donors (Lipinski definition) is 0. The highest BCUT2D eigenvalue weighted by Gasteiger charge is 2.22. The number of carbonyl (C=O) groups is 2. The lowest BCUT2D eigenvalue weighted by Gasteiger charge is -2.23. The number of rotatable bonds is 0. The second kappa shape index (κ2) is 13.4. The van der Waals surface area contributed by atoms with Crippen molar-refractivity contribution < 1.29 is 40.7 Å². The zero-order valence-electron chi connectivity index (χ0n) is 16.9. The number of carbonyl (C=O) groups excluding carboxylic acids is 2. The number of halogens is 2. The number of Topliss-reactive ketones (excluding diaryl/α,β-unsaturated/α-hetero) is 2. The minimum absolute atomic E-state index is 0. The average molecular weight is 459 g/mol. The molecule has 6 N–H and O–H groups in total. The van der Waals surface area contributed by atoms with E-state index < -0.39 is 33.1 Å². The zero-order chi connectivity index (χ0) is 21.4. The van der Waals surface area contributed by atoms with Crippen LogP contribution in [-0.4, -0.2) is 22.5 Å². The Bertz CT molecular complexity index is 810. The van der Waals surface area contributed by atoms with Crippen molar-refractivity contribution in [1.29, 1.82) is 0 Å². The van der Waals surface area contributed by atoms with E-state index in [2.05, 4.69) is 49.8 Å². The molecule has 164 valence electrons. The van der Waals surface area contributed by atoms with Crippen LogP contribution in [0.25, 0.3) is 0 Å². The zero-order valence-corrected chi connectivity index (χ0v) is 18.4. The molecule has 8 nitrogen and oxygen atoms in total. The summed E-state index contributed by atoms with van der Waals surface area (Å²) in [5, 5.41) is 19.6. The maximum atomic E-state index is 10.7. The number of pyridine rings is 2. The second-order valence-electron chi connectivity index (χ2n) is 5.97. The van der Waals surface area contributed by atoms with Crippen LogP contribution >= 0.6 is 23.2 Å². The molecule has 1 aliphatic rings. The topological polar surface area (TPSA) is 172 Å². The van der Waals surface area contributed by atoms with Crippen molar-refractivity contribution in [3.05, 3.63) is 80.8 Å². The van der Waals surface area contributed by atoms with E-state index in [0.717, 1.165) is 0 Å². The SMILES string of the molecule is Cc1cc[nH+]cc1C.Cc1cc[nH+]cc1C.O.O.O=C1C([O-])=C(Cl)C(=O)C([O-])=C1Cl. The highest BCUT2D eigenvalue weighted by Crippen LogP contribution is 2.23. The molecule has 0 atom stereocenters. The predicted molar refractivity (Wildman–Crippen MR) is 108 cm³/mol. The third-order valence-corrected chi connectivity index (χ3v) is 4.60. The molecule has 0 fully saturated rings. The number of aryl methyl sites for hydroxylation is 4. The molecule has 2 aromatic rings. The Morgan fingerprint density at radius 2 is 0.967 bits per heavy atom.